The van der Waals surface area contributed by atoms with Crippen molar-refractivity contribution >= 4 is 28.4 Å². The lowest BCUT2D eigenvalue weighted by Gasteiger charge is -2.34. The number of halogens is 1. The first kappa shape index (κ1) is 21.5. The first-order valence-corrected chi connectivity index (χ1v) is 11.6. The lowest BCUT2D eigenvalue weighted by molar-refractivity contribution is -0.117. The Balaban J connectivity index is 1.50. The summed E-state index contributed by atoms with van der Waals surface area (Å²) < 4.78 is 22.9. The minimum absolute atomic E-state index is 0.0465. The molecular formula is C25H24FN7O2. The highest BCUT2D eigenvalue weighted by Crippen LogP contribution is 2.36. The normalized spacial score (nSPS) is 18.6. The zero-order valence-corrected chi connectivity index (χ0v) is 19.2. The number of morpholine rings is 1. The molecule has 35 heavy (non-hydrogen) atoms. The van der Waals surface area contributed by atoms with E-state index in [1.165, 1.54) is 6.07 Å². The number of amides is 1. The number of anilines is 2. The lowest BCUT2D eigenvalue weighted by atomic mass is 10.0. The van der Waals surface area contributed by atoms with Crippen LogP contribution in [0.4, 0.5) is 15.9 Å². The zero-order valence-electron chi connectivity index (χ0n) is 19.2. The summed E-state index contributed by atoms with van der Waals surface area (Å²) in [6.07, 6.45) is 7.47. The maximum absolute atomic E-state index is 15.6. The molecule has 1 aromatic carbocycles. The van der Waals surface area contributed by atoms with Crippen LogP contribution in [-0.4, -0.2) is 63.2 Å². The molecule has 9 nitrogen and oxygen atoms in total. The number of ether oxygens (including phenoxy) is 1. The number of aromatic amines is 1. The van der Waals surface area contributed by atoms with Gasteiger partial charge in [-0.2, -0.15) is 14.9 Å². The van der Waals surface area contributed by atoms with Crippen LogP contribution in [0.5, 0.6) is 0 Å². The van der Waals surface area contributed by atoms with Crippen LogP contribution in [0.1, 0.15) is 13.3 Å². The standard InChI is InChI=1S/C25H24FN7O2/c1-16-15-35-11-10-31(16)23-13-19(20-14-28-33(25(20)29-23)22-7-8-27-30-22)18-6-5-17(12-21(18)26)32-9-3-2-4-24(32)34/h2-3,5-8,12-14,16H,4,9-11,15H2,1H3,(H,27,30)/t16-/m1/s1. The van der Waals surface area contributed by atoms with Crippen molar-refractivity contribution in [3.8, 4) is 16.9 Å². The molecule has 1 saturated heterocycles. The second kappa shape index (κ2) is 8.62. The van der Waals surface area contributed by atoms with Crippen LogP contribution in [-0.2, 0) is 9.53 Å². The topological polar surface area (TPSA) is 92.2 Å². The summed E-state index contributed by atoms with van der Waals surface area (Å²) in [6, 6.07) is 8.77. The van der Waals surface area contributed by atoms with Gasteiger partial charge in [-0.05, 0) is 31.2 Å². The van der Waals surface area contributed by atoms with Gasteiger partial charge in [0.15, 0.2) is 11.5 Å². The maximum atomic E-state index is 15.6. The van der Waals surface area contributed by atoms with E-state index in [9.17, 15) is 4.79 Å². The molecule has 0 aliphatic carbocycles. The summed E-state index contributed by atoms with van der Waals surface area (Å²) in [5.74, 6) is 0.860. The van der Waals surface area contributed by atoms with E-state index in [1.807, 2.05) is 18.2 Å². The Bertz CT molecular complexity index is 1430. The van der Waals surface area contributed by atoms with Crippen molar-refractivity contribution in [2.75, 3.05) is 36.1 Å². The zero-order chi connectivity index (χ0) is 23.9. The fraction of sp³-hybridized carbons (Fsp3) is 0.280. The molecule has 0 radical (unpaired) electrons. The Labute approximate surface area is 200 Å². The van der Waals surface area contributed by atoms with E-state index < -0.39 is 5.82 Å². The number of benzene rings is 1. The highest BCUT2D eigenvalue weighted by Gasteiger charge is 2.25. The number of carbonyl (C=O) groups excluding carboxylic acids is 1. The van der Waals surface area contributed by atoms with Gasteiger partial charge in [0.1, 0.15) is 11.6 Å². The van der Waals surface area contributed by atoms with Crippen molar-refractivity contribution in [3.63, 3.8) is 0 Å². The van der Waals surface area contributed by atoms with Crippen LogP contribution in [0.2, 0.25) is 0 Å². The minimum Gasteiger partial charge on any atom is -0.377 e. The molecule has 10 heteroatoms. The molecule has 6 rings (SSSR count). The first-order chi connectivity index (χ1) is 17.1. The SMILES string of the molecule is C[C@@H]1COCCN1c1cc(-c2ccc(N3CC=CCC3=O)cc2F)c2cnn(-c3cc[nH]n3)c2n1. The van der Waals surface area contributed by atoms with Crippen molar-refractivity contribution in [3.05, 3.63) is 60.7 Å². The van der Waals surface area contributed by atoms with Crippen molar-refractivity contribution in [2.45, 2.75) is 19.4 Å². The monoisotopic (exact) mass is 473 g/mol. The van der Waals surface area contributed by atoms with E-state index in [1.54, 1.807) is 40.2 Å². The van der Waals surface area contributed by atoms with Gasteiger partial charge in [0.2, 0.25) is 5.91 Å². The Kier molecular flexibility index (Phi) is 5.29. The molecule has 1 atom stereocenters. The molecule has 2 aliphatic heterocycles. The Hall–Kier alpha value is -4.05. The first-order valence-electron chi connectivity index (χ1n) is 11.6. The third-order valence-corrected chi connectivity index (χ3v) is 6.50. The van der Waals surface area contributed by atoms with E-state index >= 15 is 4.39 Å². The second-order valence-electron chi connectivity index (χ2n) is 8.72. The fourth-order valence-electron chi connectivity index (χ4n) is 4.68. The molecule has 0 bridgehead atoms. The van der Waals surface area contributed by atoms with Crippen LogP contribution in [0.3, 0.4) is 0 Å². The number of carbonyl (C=O) groups is 1. The molecule has 5 heterocycles. The van der Waals surface area contributed by atoms with Gasteiger partial charge in [-0.1, -0.05) is 12.2 Å². The Morgan fingerprint density at radius 2 is 2.06 bits per heavy atom. The molecular weight excluding hydrogens is 449 g/mol. The fourth-order valence-corrected chi connectivity index (χ4v) is 4.68. The van der Waals surface area contributed by atoms with E-state index in [-0.39, 0.29) is 11.9 Å². The summed E-state index contributed by atoms with van der Waals surface area (Å²) in [5, 5.41) is 12.3. The number of hydrogen-bond acceptors (Lipinski definition) is 6. The van der Waals surface area contributed by atoms with Crippen LogP contribution in [0.15, 0.2) is 54.9 Å². The maximum Gasteiger partial charge on any atom is 0.231 e. The van der Waals surface area contributed by atoms with Gasteiger partial charge in [-0.3, -0.25) is 9.89 Å². The highest BCUT2D eigenvalue weighted by atomic mass is 19.1. The number of pyridine rings is 1. The van der Waals surface area contributed by atoms with Gasteiger partial charge in [0.05, 0.1) is 25.5 Å². The number of H-pyrrole nitrogens is 1. The molecule has 4 aromatic rings. The summed E-state index contributed by atoms with van der Waals surface area (Å²) >= 11 is 0. The number of hydrogen-bond donors (Lipinski definition) is 1. The Morgan fingerprint density at radius 1 is 1.14 bits per heavy atom. The van der Waals surface area contributed by atoms with Gasteiger partial charge in [0.25, 0.3) is 0 Å². The van der Waals surface area contributed by atoms with E-state index in [4.69, 9.17) is 9.72 Å². The third kappa shape index (κ3) is 3.75. The largest absolute Gasteiger partial charge is 0.377 e. The average molecular weight is 474 g/mol. The summed E-state index contributed by atoms with van der Waals surface area (Å²) in [4.78, 5) is 21.0. The minimum atomic E-state index is -0.411. The van der Waals surface area contributed by atoms with Gasteiger partial charge in [0, 0.05) is 54.0 Å². The summed E-state index contributed by atoms with van der Waals surface area (Å²) in [6.45, 7) is 4.39. The van der Waals surface area contributed by atoms with Gasteiger partial charge in [-0.15, -0.1) is 0 Å². The summed E-state index contributed by atoms with van der Waals surface area (Å²) in [5.41, 5.74) is 2.23. The van der Waals surface area contributed by atoms with Gasteiger partial charge in [-0.25, -0.2) is 9.37 Å². The highest BCUT2D eigenvalue weighted by molar-refractivity contribution is 5.97. The van der Waals surface area contributed by atoms with Crippen molar-refractivity contribution in [2.24, 2.45) is 0 Å². The van der Waals surface area contributed by atoms with Gasteiger partial charge < -0.3 is 14.5 Å². The van der Waals surface area contributed by atoms with Crippen molar-refractivity contribution in [1.29, 1.82) is 0 Å². The predicted molar refractivity (Wildman–Crippen MR) is 130 cm³/mol. The molecule has 0 saturated carbocycles. The van der Waals surface area contributed by atoms with Crippen molar-refractivity contribution in [1.82, 2.24) is 25.0 Å². The number of nitrogens with one attached hydrogen (secondary N) is 1. The van der Waals surface area contributed by atoms with Crippen LogP contribution < -0.4 is 9.80 Å². The van der Waals surface area contributed by atoms with Crippen molar-refractivity contribution < 1.29 is 13.9 Å². The van der Waals surface area contributed by atoms with E-state index in [2.05, 4.69) is 27.1 Å². The molecule has 1 fully saturated rings. The van der Waals surface area contributed by atoms with Crippen LogP contribution in [0, 0.1) is 5.82 Å². The third-order valence-electron chi connectivity index (χ3n) is 6.50. The molecule has 2 aliphatic rings. The van der Waals surface area contributed by atoms with E-state index in [0.29, 0.717) is 66.4 Å². The number of rotatable bonds is 4. The summed E-state index contributed by atoms with van der Waals surface area (Å²) in [7, 11) is 0. The van der Waals surface area contributed by atoms with E-state index in [0.717, 1.165) is 5.82 Å². The van der Waals surface area contributed by atoms with Crippen LogP contribution in [0.25, 0.3) is 28.0 Å². The molecule has 1 N–H and O–H groups in total. The smallest absolute Gasteiger partial charge is 0.231 e. The molecule has 0 unspecified atom stereocenters. The Morgan fingerprint density at radius 3 is 2.83 bits per heavy atom. The predicted octanol–water partition coefficient (Wildman–Crippen LogP) is 3.47. The molecule has 3 aromatic heterocycles. The molecule has 178 valence electrons. The number of nitrogens with zero attached hydrogens (tertiary/aromatic N) is 6. The lowest BCUT2D eigenvalue weighted by Crippen LogP contribution is -2.44. The average Bonchev–Trinajstić information content (AvgIpc) is 3.54. The molecule has 1 amide bonds. The quantitative estimate of drug-likeness (QED) is 0.457. The number of aromatic nitrogens is 5. The van der Waals surface area contributed by atoms with Crippen LogP contribution >= 0.6 is 0 Å². The van der Waals surface area contributed by atoms with Gasteiger partial charge >= 0.3 is 0 Å². The number of fused-ring (bicyclic) bond motifs is 1. The molecule has 0 spiro atoms. The second-order valence-corrected chi connectivity index (χ2v) is 8.72.